The Hall–Kier alpha value is -3.40. The van der Waals surface area contributed by atoms with Gasteiger partial charge in [-0.1, -0.05) is 12.1 Å². The fourth-order valence-corrected chi connectivity index (χ4v) is 5.77. The van der Waals surface area contributed by atoms with E-state index in [2.05, 4.69) is 10.6 Å². The molecule has 176 valence electrons. The van der Waals surface area contributed by atoms with Crippen molar-refractivity contribution >= 4 is 55.6 Å². The Morgan fingerprint density at radius 3 is 2.74 bits per heavy atom. The van der Waals surface area contributed by atoms with E-state index in [1.165, 1.54) is 11.3 Å². The third-order valence-corrected chi connectivity index (χ3v) is 7.47. The number of rotatable bonds is 4. The van der Waals surface area contributed by atoms with Gasteiger partial charge in [0, 0.05) is 30.4 Å². The van der Waals surface area contributed by atoms with Gasteiger partial charge in [-0.05, 0) is 55.1 Å². The monoisotopic (exact) mass is 478 g/mol. The van der Waals surface area contributed by atoms with E-state index in [9.17, 15) is 19.8 Å². The number of carbonyl (C=O) groups is 2. The lowest BCUT2D eigenvalue weighted by molar-refractivity contribution is 0.0670. The minimum absolute atomic E-state index is 0.163. The van der Waals surface area contributed by atoms with Crippen LogP contribution >= 0.6 is 11.3 Å². The molecule has 2 amide bonds. The predicted molar refractivity (Wildman–Crippen MR) is 134 cm³/mol. The van der Waals surface area contributed by atoms with Gasteiger partial charge in [0.05, 0.1) is 39.5 Å². The number of benzene rings is 2. The summed E-state index contributed by atoms with van der Waals surface area (Å²) in [4.78, 5) is 27.5. The van der Waals surface area contributed by atoms with Gasteiger partial charge in [-0.25, -0.2) is 4.79 Å². The maximum atomic E-state index is 13.1. The van der Waals surface area contributed by atoms with Crippen molar-refractivity contribution in [2.75, 3.05) is 25.5 Å². The van der Waals surface area contributed by atoms with Gasteiger partial charge in [0.2, 0.25) is 0 Å². The number of aryl methyl sites for hydroxylation is 1. The molecule has 3 heterocycles. The van der Waals surface area contributed by atoms with Gasteiger partial charge >= 0.3 is 6.03 Å². The smallest absolute Gasteiger partial charge is 0.325 e. The second-order valence-corrected chi connectivity index (χ2v) is 9.65. The van der Waals surface area contributed by atoms with Crippen molar-refractivity contribution in [3.63, 3.8) is 0 Å². The summed E-state index contributed by atoms with van der Waals surface area (Å²) in [5.74, 6) is -0.171. The summed E-state index contributed by atoms with van der Waals surface area (Å²) in [5, 5.41) is 27.6. The lowest BCUT2D eigenvalue weighted by Crippen LogP contribution is -2.37. The average molecular weight is 479 g/mol. The van der Waals surface area contributed by atoms with E-state index in [1.54, 1.807) is 16.5 Å². The number of β-amino-alcohol motifs (C(OH)–C–C–N with tert-alkyl or cyclic N) is 1. The standard InChI is InChI=1S/C25H26N4O4S/c1-14-8-16-9-17(6-7-21(16)29(14)25(33)26-2)27-20-5-3-4-15-10-22(34-23(15)20)24(32)28-12-19(31)11-18(28)13-30/h3-10,18-19,27,30-31H,11-13H2,1-2H3,(H,26,33)/t18-,19+/m0/s1. The molecule has 1 saturated heterocycles. The van der Waals surface area contributed by atoms with Crippen molar-refractivity contribution in [2.24, 2.45) is 0 Å². The summed E-state index contributed by atoms with van der Waals surface area (Å²) in [6.45, 7) is 1.97. The zero-order valence-corrected chi connectivity index (χ0v) is 19.7. The number of carbonyl (C=O) groups excluding carboxylic acids is 2. The highest BCUT2D eigenvalue weighted by atomic mass is 32.1. The number of thiophene rings is 1. The van der Waals surface area contributed by atoms with E-state index in [4.69, 9.17) is 0 Å². The van der Waals surface area contributed by atoms with E-state index >= 15 is 0 Å². The Labute approximate surface area is 200 Å². The predicted octanol–water partition coefficient (Wildman–Crippen LogP) is 3.66. The normalized spacial score (nSPS) is 18.1. The number of hydrogen-bond donors (Lipinski definition) is 4. The third kappa shape index (κ3) is 3.81. The molecule has 5 rings (SSSR count). The van der Waals surface area contributed by atoms with Gasteiger partial charge in [-0.15, -0.1) is 11.3 Å². The Bertz CT molecular complexity index is 1410. The van der Waals surface area contributed by atoms with Crippen LogP contribution in [0.5, 0.6) is 0 Å². The van der Waals surface area contributed by atoms with Crippen molar-refractivity contribution in [3.05, 3.63) is 59.1 Å². The van der Waals surface area contributed by atoms with Crippen LogP contribution in [0, 0.1) is 6.92 Å². The van der Waals surface area contributed by atoms with Crippen molar-refractivity contribution < 1.29 is 19.8 Å². The number of aliphatic hydroxyl groups is 2. The molecular weight excluding hydrogens is 452 g/mol. The van der Waals surface area contributed by atoms with Crippen LogP contribution in [0.4, 0.5) is 16.2 Å². The van der Waals surface area contributed by atoms with Crippen LogP contribution in [0.2, 0.25) is 0 Å². The van der Waals surface area contributed by atoms with Crippen LogP contribution in [0.15, 0.2) is 48.5 Å². The minimum Gasteiger partial charge on any atom is -0.394 e. The number of nitrogens with one attached hydrogen (secondary N) is 2. The molecule has 0 radical (unpaired) electrons. The summed E-state index contributed by atoms with van der Waals surface area (Å²) < 4.78 is 2.59. The first-order valence-corrected chi connectivity index (χ1v) is 11.9. The molecular formula is C25H26N4O4S. The van der Waals surface area contributed by atoms with Crippen LogP contribution in [0.3, 0.4) is 0 Å². The molecule has 2 aromatic heterocycles. The molecule has 8 nitrogen and oxygen atoms in total. The Kier molecular flexibility index (Phi) is 5.76. The van der Waals surface area contributed by atoms with E-state index in [1.807, 2.05) is 55.5 Å². The van der Waals surface area contributed by atoms with Crippen LogP contribution in [0.25, 0.3) is 21.0 Å². The van der Waals surface area contributed by atoms with Gasteiger partial charge in [-0.2, -0.15) is 0 Å². The maximum Gasteiger partial charge on any atom is 0.325 e. The van der Waals surface area contributed by atoms with Crippen LogP contribution < -0.4 is 10.6 Å². The molecule has 9 heteroatoms. The average Bonchev–Trinajstić information content (AvgIpc) is 3.52. The van der Waals surface area contributed by atoms with Gasteiger partial charge in [0.15, 0.2) is 0 Å². The molecule has 1 aliphatic rings. The van der Waals surface area contributed by atoms with Gasteiger partial charge in [0.1, 0.15) is 0 Å². The minimum atomic E-state index is -0.607. The number of likely N-dealkylation sites (tertiary alicyclic amines) is 1. The molecule has 2 aromatic carbocycles. The van der Waals surface area contributed by atoms with Crippen LogP contribution in [-0.2, 0) is 0 Å². The molecule has 1 fully saturated rings. The van der Waals surface area contributed by atoms with E-state index < -0.39 is 6.10 Å². The first-order chi connectivity index (χ1) is 16.4. The van der Waals surface area contributed by atoms with Crippen LogP contribution in [0.1, 0.15) is 21.8 Å². The number of aromatic nitrogens is 1. The van der Waals surface area contributed by atoms with Gasteiger partial charge in [0.25, 0.3) is 5.91 Å². The first-order valence-electron chi connectivity index (χ1n) is 11.1. The Morgan fingerprint density at radius 1 is 1.15 bits per heavy atom. The number of fused-ring (bicyclic) bond motifs is 2. The van der Waals surface area contributed by atoms with Crippen molar-refractivity contribution in [2.45, 2.75) is 25.5 Å². The fraction of sp³-hybridized carbons (Fsp3) is 0.280. The number of anilines is 2. The molecule has 0 saturated carbocycles. The SMILES string of the molecule is CNC(=O)n1c(C)cc2cc(Nc3cccc4cc(C(=O)N5C[C@H](O)C[C@H]5CO)sc34)ccc21. The van der Waals surface area contributed by atoms with Crippen molar-refractivity contribution in [3.8, 4) is 0 Å². The first kappa shape index (κ1) is 22.4. The number of aliphatic hydroxyl groups excluding tert-OH is 2. The molecule has 4 aromatic rings. The quantitative estimate of drug-likeness (QED) is 0.358. The lowest BCUT2D eigenvalue weighted by atomic mass is 10.2. The third-order valence-electron chi connectivity index (χ3n) is 6.30. The lowest BCUT2D eigenvalue weighted by Gasteiger charge is -2.21. The van der Waals surface area contributed by atoms with Gasteiger partial charge in [-0.3, -0.25) is 9.36 Å². The molecule has 0 aliphatic carbocycles. The highest BCUT2D eigenvalue weighted by molar-refractivity contribution is 7.21. The van der Waals surface area contributed by atoms with Crippen molar-refractivity contribution in [1.82, 2.24) is 14.8 Å². The number of amides is 2. The highest BCUT2D eigenvalue weighted by Crippen LogP contribution is 2.36. The molecule has 0 spiro atoms. The van der Waals surface area contributed by atoms with E-state index in [0.717, 1.165) is 38.1 Å². The largest absolute Gasteiger partial charge is 0.394 e. The highest BCUT2D eigenvalue weighted by Gasteiger charge is 2.35. The molecule has 2 atom stereocenters. The Balaban J connectivity index is 1.46. The molecule has 0 unspecified atom stereocenters. The van der Waals surface area contributed by atoms with Gasteiger partial charge < -0.3 is 25.7 Å². The van der Waals surface area contributed by atoms with Crippen LogP contribution in [-0.4, -0.2) is 64.0 Å². The van der Waals surface area contributed by atoms with E-state index in [0.29, 0.717) is 11.3 Å². The zero-order chi connectivity index (χ0) is 24.0. The zero-order valence-electron chi connectivity index (χ0n) is 18.9. The second kappa shape index (κ2) is 8.75. The van der Waals surface area contributed by atoms with Crippen molar-refractivity contribution in [1.29, 1.82) is 0 Å². The summed E-state index contributed by atoms with van der Waals surface area (Å²) >= 11 is 1.39. The summed E-state index contributed by atoms with van der Waals surface area (Å²) in [6, 6.07) is 15.0. The van der Waals surface area contributed by atoms with E-state index in [-0.39, 0.29) is 31.1 Å². The Morgan fingerprint density at radius 2 is 1.97 bits per heavy atom. The molecule has 0 bridgehead atoms. The topological polar surface area (TPSA) is 107 Å². The molecule has 4 N–H and O–H groups in total. The number of nitrogens with zero attached hydrogens (tertiary/aromatic N) is 2. The number of hydrogen-bond acceptors (Lipinski definition) is 6. The summed E-state index contributed by atoms with van der Waals surface area (Å²) in [7, 11) is 1.61. The summed E-state index contributed by atoms with van der Waals surface area (Å²) in [5.41, 5.74) is 3.43. The second-order valence-electron chi connectivity index (χ2n) is 8.59. The fourth-order valence-electron chi connectivity index (χ4n) is 4.69. The molecule has 34 heavy (non-hydrogen) atoms. The maximum absolute atomic E-state index is 13.1. The molecule has 1 aliphatic heterocycles. The summed E-state index contributed by atoms with van der Waals surface area (Å²) in [6.07, 6.45) is -0.215.